The molecule has 1 unspecified atom stereocenters. The quantitative estimate of drug-likeness (QED) is 0.646. The standard InChI is InChI=1S/C16H16BrCl/c1-11-3-4-13(9-12(11)2)10-16(18)14-5-7-15(17)8-6-14/h3-9,16H,10H2,1-2H3. The number of hydrogen-bond acceptors (Lipinski definition) is 0. The Labute approximate surface area is 122 Å². The van der Waals surface area contributed by atoms with Crippen LogP contribution in [0.5, 0.6) is 0 Å². The lowest BCUT2D eigenvalue weighted by Crippen LogP contribution is -1.96. The molecule has 0 aliphatic heterocycles. The summed E-state index contributed by atoms with van der Waals surface area (Å²) < 4.78 is 1.08. The van der Waals surface area contributed by atoms with E-state index in [9.17, 15) is 0 Å². The molecule has 0 saturated heterocycles. The highest BCUT2D eigenvalue weighted by Crippen LogP contribution is 2.26. The van der Waals surface area contributed by atoms with E-state index in [2.05, 4.69) is 60.1 Å². The number of aryl methyl sites for hydroxylation is 2. The summed E-state index contributed by atoms with van der Waals surface area (Å²) in [6.45, 7) is 4.27. The van der Waals surface area contributed by atoms with Crippen LogP contribution < -0.4 is 0 Å². The maximum absolute atomic E-state index is 6.47. The molecule has 0 spiro atoms. The van der Waals surface area contributed by atoms with Gasteiger partial charge in [0.05, 0.1) is 5.38 Å². The smallest absolute Gasteiger partial charge is 0.0625 e. The first-order chi connectivity index (χ1) is 8.56. The molecule has 0 fully saturated rings. The minimum atomic E-state index is 0.0280. The SMILES string of the molecule is Cc1ccc(CC(Cl)c2ccc(Br)cc2)cc1C. The Hall–Kier alpha value is -0.790. The molecule has 0 N–H and O–H groups in total. The first kappa shape index (κ1) is 13.6. The summed E-state index contributed by atoms with van der Waals surface area (Å²) in [6, 6.07) is 14.8. The van der Waals surface area contributed by atoms with Gasteiger partial charge in [-0.15, -0.1) is 11.6 Å². The van der Waals surface area contributed by atoms with Crippen molar-refractivity contribution >= 4 is 27.5 Å². The van der Waals surface area contributed by atoms with Crippen LogP contribution >= 0.6 is 27.5 Å². The van der Waals surface area contributed by atoms with E-state index in [4.69, 9.17) is 11.6 Å². The summed E-state index contributed by atoms with van der Waals surface area (Å²) >= 11 is 9.91. The largest absolute Gasteiger partial charge is 0.117 e. The van der Waals surface area contributed by atoms with E-state index in [0.29, 0.717) is 0 Å². The third-order valence-corrected chi connectivity index (χ3v) is 4.15. The topological polar surface area (TPSA) is 0 Å². The molecule has 0 heterocycles. The summed E-state index contributed by atoms with van der Waals surface area (Å²) in [5.41, 5.74) is 5.11. The molecule has 0 radical (unpaired) electrons. The first-order valence-electron chi connectivity index (χ1n) is 6.02. The molecule has 94 valence electrons. The third-order valence-electron chi connectivity index (χ3n) is 3.22. The van der Waals surface area contributed by atoms with E-state index in [1.807, 2.05) is 12.1 Å². The Morgan fingerprint density at radius 3 is 2.28 bits per heavy atom. The zero-order chi connectivity index (χ0) is 13.1. The summed E-state index contributed by atoms with van der Waals surface area (Å²) in [4.78, 5) is 0. The lowest BCUT2D eigenvalue weighted by molar-refractivity contribution is 0.917. The molecule has 2 rings (SSSR count). The van der Waals surface area contributed by atoms with E-state index in [1.54, 1.807) is 0 Å². The predicted molar refractivity (Wildman–Crippen MR) is 82.4 cm³/mol. The summed E-state index contributed by atoms with van der Waals surface area (Å²) in [5, 5.41) is 0.0280. The van der Waals surface area contributed by atoms with E-state index < -0.39 is 0 Å². The van der Waals surface area contributed by atoms with Crippen LogP contribution in [0.1, 0.15) is 27.6 Å². The van der Waals surface area contributed by atoms with Gasteiger partial charge in [0, 0.05) is 4.47 Å². The molecule has 2 aromatic carbocycles. The Kier molecular flexibility index (Phi) is 4.47. The zero-order valence-corrected chi connectivity index (χ0v) is 12.9. The molecule has 0 aromatic heterocycles. The molecule has 1 atom stereocenters. The van der Waals surface area contributed by atoms with Crippen molar-refractivity contribution in [3.05, 3.63) is 69.2 Å². The van der Waals surface area contributed by atoms with Crippen LogP contribution in [-0.4, -0.2) is 0 Å². The van der Waals surface area contributed by atoms with Gasteiger partial charge in [0.2, 0.25) is 0 Å². The molecule has 0 aliphatic rings. The van der Waals surface area contributed by atoms with Crippen LogP contribution in [0.25, 0.3) is 0 Å². The Balaban J connectivity index is 2.13. The van der Waals surface area contributed by atoms with Gasteiger partial charge in [-0.25, -0.2) is 0 Å². The van der Waals surface area contributed by atoms with E-state index in [-0.39, 0.29) is 5.38 Å². The van der Waals surface area contributed by atoms with Crippen molar-refractivity contribution < 1.29 is 0 Å². The molecule has 0 saturated carbocycles. The average molecular weight is 324 g/mol. The Bertz CT molecular complexity index is 531. The minimum Gasteiger partial charge on any atom is -0.117 e. The second kappa shape index (κ2) is 5.90. The second-order valence-electron chi connectivity index (χ2n) is 4.64. The molecule has 0 amide bonds. The van der Waals surface area contributed by atoms with Gasteiger partial charge in [-0.2, -0.15) is 0 Å². The van der Waals surface area contributed by atoms with Crippen LogP contribution in [0.2, 0.25) is 0 Å². The fraction of sp³-hybridized carbons (Fsp3) is 0.250. The Morgan fingerprint density at radius 1 is 1.00 bits per heavy atom. The molecule has 0 aliphatic carbocycles. The molecular formula is C16H16BrCl. The lowest BCUT2D eigenvalue weighted by atomic mass is 10.0. The number of halogens is 2. The molecule has 2 heteroatoms. The molecule has 0 nitrogen and oxygen atoms in total. The molecule has 18 heavy (non-hydrogen) atoms. The predicted octanol–water partition coefficient (Wildman–Crippen LogP) is 5.59. The van der Waals surface area contributed by atoms with Gasteiger partial charge in [0.15, 0.2) is 0 Å². The first-order valence-corrected chi connectivity index (χ1v) is 7.25. The van der Waals surface area contributed by atoms with Crippen molar-refractivity contribution in [1.29, 1.82) is 0 Å². The fourth-order valence-electron chi connectivity index (χ4n) is 1.93. The summed E-state index contributed by atoms with van der Waals surface area (Å²) in [6.07, 6.45) is 0.865. The van der Waals surface area contributed by atoms with Crippen LogP contribution in [0, 0.1) is 13.8 Å². The number of hydrogen-bond donors (Lipinski definition) is 0. The van der Waals surface area contributed by atoms with Gasteiger partial charge < -0.3 is 0 Å². The minimum absolute atomic E-state index is 0.0280. The molecule has 2 aromatic rings. The van der Waals surface area contributed by atoms with E-state index in [1.165, 1.54) is 16.7 Å². The second-order valence-corrected chi connectivity index (χ2v) is 6.08. The molecule has 0 bridgehead atoms. The van der Waals surface area contributed by atoms with Gasteiger partial charge in [0.1, 0.15) is 0 Å². The highest BCUT2D eigenvalue weighted by Gasteiger charge is 2.09. The van der Waals surface area contributed by atoms with Crippen LogP contribution in [0.3, 0.4) is 0 Å². The van der Waals surface area contributed by atoms with Gasteiger partial charge in [-0.1, -0.05) is 46.3 Å². The van der Waals surface area contributed by atoms with E-state index in [0.717, 1.165) is 16.5 Å². The monoisotopic (exact) mass is 322 g/mol. The van der Waals surface area contributed by atoms with Crippen LogP contribution in [-0.2, 0) is 6.42 Å². The highest BCUT2D eigenvalue weighted by molar-refractivity contribution is 9.10. The average Bonchev–Trinajstić information content (AvgIpc) is 2.34. The number of benzene rings is 2. The van der Waals surface area contributed by atoms with E-state index >= 15 is 0 Å². The van der Waals surface area contributed by atoms with Crippen molar-refractivity contribution in [2.75, 3.05) is 0 Å². The zero-order valence-electron chi connectivity index (χ0n) is 10.6. The van der Waals surface area contributed by atoms with Crippen molar-refractivity contribution in [3.8, 4) is 0 Å². The highest BCUT2D eigenvalue weighted by atomic mass is 79.9. The normalized spacial score (nSPS) is 12.4. The summed E-state index contributed by atoms with van der Waals surface area (Å²) in [5.74, 6) is 0. The third kappa shape index (κ3) is 3.37. The van der Waals surface area contributed by atoms with Crippen molar-refractivity contribution in [3.63, 3.8) is 0 Å². The van der Waals surface area contributed by atoms with Gasteiger partial charge in [-0.3, -0.25) is 0 Å². The van der Waals surface area contributed by atoms with Gasteiger partial charge >= 0.3 is 0 Å². The van der Waals surface area contributed by atoms with Crippen molar-refractivity contribution in [2.45, 2.75) is 25.6 Å². The molecular weight excluding hydrogens is 308 g/mol. The fourth-order valence-corrected chi connectivity index (χ4v) is 2.51. The number of rotatable bonds is 3. The number of alkyl halides is 1. The maximum Gasteiger partial charge on any atom is 0.0625 e. The lowest BCUT2D eigenvalue weighted by Gasteiger charge is -2.11. The maximum atomic E-state index is 6.47. The van der Waals surface area contributed by atoms with Crippen LogP contribution in [0.4, 0.5) is 0 Å². The van der Waals surface area contributed by atoms with Gasteiger partial charge in [0.25, 0.3) is 0 Å². The van der Waals surface area contributed by atoms with Gasteiger partial charge in [-0.05, 0) is 54.7 Å². The van der Waals surface area contributed by atoms with Crippen molar-refractivity contribution in [1.82, 2.24) is 0 Å². The summed E-state index contributed by atoms with van der Waals surface area (Å²) in [7, 11) is 0. The van der Waals surface area contributed by atoms with Crippen LogP contribution in [0.15, 0.2) is 46.9 Å². The Morgan fingerprint density at radius 2 is 1.67 bits per heavy atom. The van der Waals surface area contributed by atoms with Crippen molar-refractivity contribution in [2.24, 2.45) is 0 Å².